The summed E-state index contributed by atoms with van der Waals surface area (Å²) in [6.45, 7) is -0.414. The van der Waals surface area contributed by atoms with Crippen molar-refractivity contribution in [2.45, 2.75) is 5.92 Å². The van der Waals surface area contributed by atoms with Gasteiger partial charge in [0.1, 0.15) is 0 Å². The molecule has 0 bridgehead atoms. The summed E-state index contributed by atoms with van der Waals surface area (Å²) >= 11 is 0. The van der Waals surface area contributed by atoms with Gasteiger partial charge in [-0.05, 0) is 24.3 Å². The SMILES string of the molecule is CN(CC(F)(F)c1ccccc1)c1ccc(C#N)cc1. The molecule has 0 aliphatic rings. The van der Waals surface area contributed by atoms with Gasteiger partial charge >= 0.3 is 0 Å². The molecule has 0 saturated heterocycles. The Kier molecular flexibility index (Phi) is 3.99. The van der Waals surface area contributed by atoms with E-state index in [1.54, 1.807) is 49.5 Å². The summed E-state index contributed by atoms with van der Waals surface area (Å²) in [5, 5.41) is 8.72. The standard InChI is InChI=1S/C16H14F2N2/c1-20(15-9-7-13(11-19)8-10-15)12-16(17,18)14-5-3-2-4-6-14/h2-10H,12H2,1H3. The van der Waals surface area contributed by atoms with Crippen LogP contribution in [0.15, 0.2) is 54.6 Å². The summed E-state index contributed by atoms with van der Waals surface area (Å²) in [5.41, 5.74) is 1.16. The van der Waals surface area contributed by atoms with E-state index < -0.39 is 12.5 Å². The van der Waals surface area contributed by atoms with Crippen molar-refractivity contribution in [3.8, 4) is 6.07 Å². The first kappa shape index (κ1) is 14.0. The molecule has 0 heterocycles. The van der Waals surface area contributed by atoms with Crippen LogP contribution in [0.5, 0.6) is 0 Å². The fourth-order valence-electron chi connectivity index (χ4n) is 1.95. The van der Waals surface area contributed by atoms with E-state index in [9.17, 15) is 8.78 Å². The number of alkyl halides is 2. The van der Waals surface area contributed by atoms with Crippen LogP contribution in [-0.4, -0.2) is 13.6 Å². The van der Waals surface area contributed by atoms with Crippen LogP contribution in [0.25, 0.3) is 0 Å². The number of anilines is 1. The normalized spacial score (nSPS) is 10.9. The average molecular weight is 272 g/mol. The van der Waals surface area contributed by atoms with Crippen LogP contribution in [0.4, 0.5) is 14.5 Å². The summed E-state index contributed by atoms with van der Waals surface area (Å²) in [5.74, 6) is -2.93. The zero-order valence-electron chi connectivity index (χ0n) is 11.1. The van der Waals surface area contributed by atoms with Gasteiger partial charge in [-0.1, -0.05) is 30.3 Å². The highest BCUT2D eigenvalue weighted by atomic mass is 19.3. The molecule has 2 rings (SSSR count). The van der Waals surface area contributed by atoms with Crippen molar-refractivity contribution in [3.05, 3.63) is 65.7 Å². The van der Waals surface area contributed by atoms with E-state index in [2.05, 4.69) is 0 Å². The molecule has 2 aromatic rings. The molecular formula is C16H14F2N2. The predicted octanol–water partition coefficient (Wildman–Crippen LogP) is 3.79. The first-order valence-electron chi connectivity index (χ1n) is 6.17. The van der Waals surface area contributed by atoms with E-state index in [1.165, 1.54) is 17.0 Å². The molecule has 0 saturated carbocycles. The molecule has 2 nitrogen and oxygen atoms in total. The number of rotatable bonds is 4. The van der Waals surface area contributed by atoms with Crippen molar-refractivity contribution < 1.29 is 8.78 Å². The fraction of sp³-hybridized carbons (Fsp3) is 0.188. The minimum absolute atomic E-state index is 0.000458. The minimum Gasteiger partial charge on any atom is -0.368 e. The number of halogens is 2. The third kappa shape index (κ3) is 3.12. The molecule has 2 aromatic carbocycles. The van der Waals surface area contributed by atoms with E-state index in [1.807, 2.05) is 6.07 Å². The Morgan fingerprint density at radius 3 is 2.20 bits per heavy atom. The van der Waals surface area contributed by atoms with Crippen molar-refractivity contribution >= 4 is 5.69 Å². The summed E-state index contributed by atoms with van der Waals surface area (Å²) < 4.78 is 28.3. The molecule has 102 valence electrons. The number of nitriles is 1. The van der Waals surface area contributed by atoms with Gasteiger partial charge < -0.3 is 4.90 Å². The monoisotopic (exact) mass is 272 g/mol. The van der Waals surface area contributed by atoms with E-state index in [0.717, 1.165) is 0 Å². The van der Waals surface area contributed by atoms with Crippen LogP contribution in [-0.2, 0) is 5.92 Å². The lowest BCUT2D eigenvalue weighted by atomic mass is 10.1. The van der Waals surface area contributed by atoms with Gasteiger partial charge in [0.05, 0.1) is 18.2 Å². The molecule has 0 radical (unpaired) electrons. The third-order valence-corrected chi connectivity index (χ3v) is 3.07. The largest absolute Gasteiger partial charge is 0.368 e. The number of likely N-dealkylation sites (N-methyl/N-ethyl adjacent to an activating group) is 1. The quantitative estimate of drug-likeness (QED) is 0.846. The highest BCUT2D eigenvalue weighted by molar-refractivity contribution is 5.49. The van der Waals surface area contributed by atoms with Crippen LogP contribution in [0.1, 0.15) is 11.1 Å². The van der Waals surface area contributed by atoms with E-state index in [4.69, 9.17) is 5.26 Å². The molecule has 20 heavy (non-hydrogen) atoms. The van der Waals surface area contributed by atoms with Gasteiger partial charge in [-0.2, -0.15) is 14.0 Å². The van der Waals surface area contributed by atoms with Gasteiger partial charge in [-0.25, -0.2) is 0 Å². The summed E-state index contributed by atoms with van der Waals surface area (Å²) in [6, 6.07) is 16.3. The smallest absolute Gasteiger partial charge is 0.290 e. The maximum Gasteiger partial charge on any atom is 0.290 e. The van der Waals surface area contributed by atoms with Crippen LogP contribution < -0.4 is 4.90 Å². The molecule has 4 heteroatoms. The highest BCUT2D eigenvalue weighted by Gasteiger charge is 2.32. The summed E-state index contributed by atoms with van der Waals surface area (Å²) in [4.78, 5) is 1.48. The molecule has 0 N–H and O–H groups in total. The van der Waals surface area contributed by atoms with E-state index in [0.29, 0.717) is 11.3 Å². The Morgan fingerprint density at radius 2 is 1.65 bits per heavy atom. The summed E-state index contributed by atoms with van der Waals surface area (Å²) in [6.07, 6.45) is 0. The van der Waals surface area contributed by atoms with Crippen molar-refractivity contribution in [1.29, 1.82) is 5.26 Å². The van der Waals surface area contributed by atoms with E-state index >= 15 is 0 Å². The number of hydrogen-bond donors (Lipinski definition) is 0. The number of benzene rings is 2. The maximum atomic E-state index is 14.1. The molecule has 0 aliphatic heterocycles. The van der Waals surface area contributed by atoms with Crippen molar-refractivity contribution in [3.63, 3.8) is 0 Å². The molecule has 0 aromatic heterocycles. The molecule has 0 amide bonds. The molecule has 0 atom stereocenters. The second-order valence-corrected chi connectivity index (χ2v) is 4.59. The Morgan fingerprint density at radius 1 is 1.05 bits per heavy atom. The van der Waals surface area contributed by atoms with Gasteiger partial charge in [-0.3, -0.25) is 0 Å². The van der Waals surface area contributed by atoms with Gasteiger partial charge in [0, 0.05) is 18.3 Å². The van der Waals surface area contributed by atoms with Crippen molar-refractivity contribution in [2.24, 2.45) is 0 Å². The summed E-state index contributed by atoms with van der Waals surface area (Å²) in [7, 11) is 1.61. The average Bonchev–Trinajstić information content (AvgIpc) is 2.48. The van der Waals surface area contributed by atoms with Gasteiger partial charge in [0.2, 0.25) is 0 Å². The predicted molar refractivity (Wildman–Crippen MR) is 74.8 cm³/mol. The second-order valence-electron chi connectivity index (χ2n) is 4.59. The van der Waals surface area contributed by atoms with Crippen molar-refractivity contribution in [2.75, 3.05) is 18.5 Å². The van der Waals surface area contributed by atoms with Gasteiger partial charge in [-0.15, -0.1) is 0 Å². The first-order valence-corrected chi connectivity index (χ1v) is 6.17. The molecule has 0 aliphatic carbocycles. The number of nitrogens with zero attached hydrogens (tertiary/aromatic N) is 2. The van der Waals surface area contributed by atoms with E-state index in [-0.39, 0.29) is 5.56 Å². The third-order valence-electron chi connectivity index (χ3n) is 3.07. The highest BCUT2D eigenvalue weighted by Crippen LogP contribution is 2.30. The molecular weight excluding hydrogens is 258 g/mol. The van der Waals surface area contributed by atoms with Gasteiger partial charge in [0.15, 0.2) is 0 Å². The zero-order chi connectivity index (χ0) is 14.6. The lowest BCUT2D eigenvalue weighted by Gasteiger charge is -2.25. The maximum absolute atomic E-state index is 14.1. The number of hydrogen-bond acceptors (Lipinski definition) is 2. The van der Waals surface area contributed by atoms with Crippen molar-refractivity contribution in [1.82, 2.24) is 0 Å². The molecule has 0 unspecified atom stereocenters. The topological polar surface area (TPSA) is 27.0 Å². The lowest BCUT2D eigenvalue weighted by molar-refractivity contribution is 0.00500. The minimum atomic E-state index is -2.93. The fourth-order valence-corrected chi connectivity index (χ4v) is 1.95. The van der Waals surface area contributed by atoms with Crippen LogP contribution in [0.3, 0.4) is 0 Å². The molecule has 0 fully saturated rings. The Labute approximate surface area is 116 Å². The molecule has 0 spiro atoms. The first-order chi connectivity index (χ1) is 9.53. The Balaban J connectivity index is 2.14. The van der Waals surface area contributed by atoms with Gasteiger partial charge in [0.25, 0.3) is 5.92 Å². The van der Waals surface area contributed by atoms with Crippen LogP contribution >= 0.6 is 0 Å². The lowest BCUT2D eigenvalue weighted by Crippen LogP contribution is -2.32. The Bertz CT molecular complexity index is 601. The zero-order valence-corrected chi connectivity index (χ0v) is 11.1. The van der Waals surface area contributed by atoms with Crippen LogP contribution in [0.2, 0.25) is 0 Å². The second kappa shape index (κ2) is 5.70. The Hall–Kier alpha value is -2.41. The van der Waals surface area contributed by atoms with Crippen LogP contribution in [0, 0.1) is 11.3 Å².